The van der Waals surface area contributed by atoms with E-state index in [-0.39, 0.29) is 0 Å². The molecule has 0 saturated carbocycles. The Hall–Kier alpha value is -1.92. The lowest BCUT2D eigenvalue weighted by molar-refractivity contribution is 0.789. The maximum atomic E-state index is 5.98. The van der Waals surface area contributed by atoms with Crippen LogP contribution >= 0.6 is 27.5 Å². The highest BCUT2D eigenvalue weighted by molar-refractivity contribution is 9.10. The summed E-state index contributed by atoms with van der Waals surface area (Å²) in [7, 11) is 0. The minimum Gasteiger partial charge on any atom is -0.398 e. The van der Waals surface area contributed by atoms with Crippen LogP contribution in [0.25, 0.3) is 17.1 Å². The highest BCUT2D eigenvalue weighted by atomic mass is 79.9. The highest BCUT2D eigenvalue weighted by Crippen LogP contribution is 2.29. The largest absolute Gasteiger partial charge is 0.398 e. The Labute approximate surface area is 128 Å². The van der Waals surface area contributed by atoms with E-state index in [1.807, 2.05) is 30.3 Å². The van der Waals surface area contributed by atoms with Crippen LogP contribution in [0.4, 0.5) is 5.69 Å². The Bertz CT molecular complexity index is 771. The van der Waals surface area contributed by atoms with Crippen LogP contribution in [0.5, 0.6) is 0 Å². The van der Waals surface area contributed by atoms with E-state index in [0.717, 1.165) is 15.7 Å². The van der Waals surface area contributed by atoms with Crippen molar-refractivity contribution in [1.29, 1.82) is 0 Å². The number of hydrogen-bond acceptors (Lipinski definition) is 4. The SMILES string of the molecule is Nc1ccccc1-c1nnnn1-c1ccc(Cl)cc1Br. The van der Waals surface area contributed by atoms with Gasteiger partial charge >= 0.3 is 0 Å². The second-order valence-corrected chi connectivity index (χ2v) is 5.39. The molecule has 0 unspecified atom stereocenters. The number of anilines is 1. The second kappa shape index (κ2) is 5.22. The molecule has 0 fully saturated rings. The third-order valence-corrected chi connectivity index (χ3v) is 3.68. The van der Waals surface area contributed by atoms with Crippen LogP contribution < -0.4 is 5.73 Å². The van der Waals surface area contributed by atoms with Gasteiger partial charge in [0.1, 0.15) is 0 Å². The molecule has 100 valence electrons. The van der Waals surface area contributed by atoms with E-state index in [1.54, 1.807) is 16.8 Å². The molecule has 0 atom stereocenters. The number of nitrogens with zero attached hydrogens (tertiary/aromatic N) is 4. The van der Waals surface area contributed by atoms with E-state index < -0.39 is 0 Å². The number of para-hydroxylation sites is 1. The highest BCUT2D eigenvalue weighted by Gasteiger charge is 2.15. The molecule has 3 aromatic rings. The van der Waals surface area contributed by atoms with E-state index >= 15 is 0 Å². The van der Waals surface area contributed by atoms with Crippen molar-refractivity contribution in [3.63, 3.8) is 0 Å². The van der Waals surface area contributed by atoms with Gasteiger partial charge in [-0.25, -0.2) is 0 Å². The third-order valence-electron chi connectivity index (χ3n) is 2.81. The molecule has 20 heavy (non-hydrogen) atoms. The average molecular weight is 351 g/mol. The predicted molar refractivity (Wildman–Crippen MR) is 81.7 cm³/mol. The number of halogens is 2. The molecule has 7 heteroatoms. The Morgan fingerprint density at radius 3 is 2.70 bits per heavy atom. The molecule has 2 aromatic carbocycles. The molecule has 1 aromatic heterocycles. The van der Waals surface area contributed by atoms with Gasteiger partial charge in [-0.3, -0.25) is 0 Å². The van der Waals surface area contributed by atoms with E-state index in [9.17, 15) is 0 Å². The Morgan fingerprint density at radius 2 is 1.95 bits per heavy atom. The first-order valence-corrected chi connectivity index (χ1v) is 6.92. The third kappa shape index (κ3) is 2.28. The van der Waals surface area contributed by atoms with Gasteiger partial charge in [0.2, 0.25) is 0 Å². The first kappa shape index (κ1) is 13.1. The van der Waals surface area contributed by atoms with Gasteiger partial charge in [-0.1, -0.05) is 23.7 Å². The fourth-order valence-corrected chi connectivity index (χ4v) is 2.72. The fourth-order valence-electron chi connectivity index (χ4n) is 1.87. The average Bonchev–Trinajstić information content (AvgIpc) is 2.88. The van der Waals surface area contributed by atoms with Gasteiger partial charge in [-0.05, 0) is 56.7 Å². The summed E-state index contributed by atoms with van der Waals surface area (Å²) in [5.41, 5.74) is 8.16. The number of rotatable bonds is 2. The van der Waals surface area contributed by atoms with Gasteiger partial charge in [0, 0.05) is 20.7 Å². The van der Waals surface area contributed by atoms with Crippen LogP contribution in [0.3, 0.4) is 0 Å². The summed E-state index contributed by atoms with van der Waals surface area (Å²) in [4.78, 5) is 0. The minimum atomic E-state index is 0.575. The van der Waals surface area contributed by atoms with Crippen molar-refractivity contribution in [2.45, 2.75) is 0 Å². The van der Waals surface area contributed by atoms with Crippen molar-refractivity contribution in [2.75, 3.05) is 5.73 Å². The van der Waals surface area contributed by atoms with Crippen molar-refractivity contribution in [1.82, 2.24) is 20.2 Å². The normalized spacial score (nSPS) is 10.7. The van der Waals surface area contributed by atoms with Crippen LogP contribution in [0, 0.1) is 0 Å². The van der Waals surface area contributed by atoms with Crippen LogP contribution in [0.15, 0.2) is 46.9 Å². The van der Waals surface area contributed by atoms with E-state index in [4.69, 9.17) is 17.3 Å². The molecule has 3 rings (SSSR count). The molecule has 0 aliphatic rings. The standard InChI is InChI=1S/C13H9BrClN5/c14-10-7-8(15)5-6-12(10)20-13(17-18-19-20)9-3-1-2-4-11(9)16/h1-7H,16H2. The Balaban J connectivity index is 2.18. The number of nitrogens with two attached hydrogens (primary N) is 1. The van der Waals surface area contributed by atoms with Crippen LogP contribution in [-0.4, -0.2) is 20.2 Å². The summed E-state index contributed by atoms with van der Waals surface area (Å²) in [5, 5.41) is 12.4. The Morgan fingerprint density at radius 1 is 1.15 bits per heavy atom. The van der Waals surface area contributed by atoms with Gasteiger partial charge in [0.05, 0.1) is 5.69 Å². The van der Waals surface area contributed by atoms with Gasteiger partial charge in [-0.15, -0.1) is 5.10 Å². The molecule has 1 heterocycles. The number of hydrogen-bond donors (Lipinski definition) is 1. The summed E-state index contributed by atoms with van der Waals surface area (Å²) in [6.07, 6.45) is 0. The van der Waals surface area contributed by atoms with E-state index in [0.29, 0.717) is 16.5 Å². The zero-order valence-electron chi connectivity index (χ0n) is 10.2. The predicted octanol–water partition coefficient (Wildman–Crippen LogP) is 3.33. The minimum absolute atomic E-state index is 0.575. The smallest absolute Gasteiger partial charge is 0.189 e. The number of tetrazole rings is 1. The topological polar surface area (TPSA) is 69.6 Å². The van der Waals surface area contributed by atoms with Crippen LogP contribution in [0.1, 0.15) is 0 Å². The van der Waals surface area contributed by atoms with E-state index in [1.165, 1.54) is 0 Å². The van der Waals surface area contributed by atoms with Crippen molar-refractivity contribution >= 4 is 33.2 Å². The summed E-state index contributed by atoms with van der Waals surface area (Å²) in [6.45, 7) is 0. The van der Waals surface area contributed by atoms with Crippen LogP contribution in [-0.2, 0) is 0 Å². The number of nitrogen functional groups attached to an aromatic ring is 1. The van der Waals surface area contributed by atoms with Crippen LogP contribution in [0.2, 0.25) is 5.02 Å². The van der Waals surface area contributed by atoms with Gasteiger partial charge in [-0.2, -0.15) is 4.68 Å². The fraction of sp³-hybridized carbons (Fsp3) is 0. The molecule has 0 aliphatic carbocycles. The quantitative estimate of drug-likeness (QED) is 0.720. The van der Waals surface area contributed by atoms with Crippen molar-refractivity contribution in [2.24, 2.45) is 0 Å². The molecule has 5 nitrogen and oxygen atoms in total. The molecule has 2 N–H and O–H groups in total. The molecule has 0 spiro atoms. The van der Waals surface area contributed by atoms with Gasteiger partial charge < -0.3 is 5.73 Å². The number of aromatic nitrogens is 4. The lowest BCUT2D eigenvalue weighted by Crippen LogP contribution is -2.02. The molecule has 0 bridgehead atoms. The summed E-state index contributed by atoms with van der Waals surface area (Å²) in [6, 6.07) is 12.9. The summed E-state index contributed by atoms with van der Waals surface area (Å²) < 4.78 is 2.42. The zero-order chi connectivity index (χ0) is 14.1. The lowest BCUT2D eigenvalue weighted by Gasteiger charge is -2.08. The molecule has 0 radical (unpaired) electrons. The molecule has 0 amide bonds. The summed E-state index contributed by atoms with van der Waals surface area (Å²) in [5.74, 6) is 0.575. The molecule has 0 aliphatic heterocycles. The van der Waals surface area contributed by atoms with Crippen molar-refractivity contribution < 1.29 is 0 Å². The monoisotopic (exact) mass is 349 g/mol. The van der Waals surface area contributed by atoms with E-state index in [2.05, 4.69) is 31.5 Å². The Kier molecular flexibility index (Phi) is 3.42. The molecule has 0 saturated heterocycles. The van der Waals surface area contributed by atoms with Gasteiger partial charge in [0.15, 0.2) is 5.82 Å². The van der Waals surface area contributed by atoms with Crippen molar-refractivity contribution in [3.05, 3.63) is 52.0 Å². The summed E-state index contributed by atoms with van der Waals surface area (Å²) >= 11 is 9.41. The molecular weight excluding hydrogens is 342 g/mol. The van der Waals surface area contributed by atoms with Gasteiger partial charge in [0.25, 0.3) is 0 Å². The zero-order valence-corrected chi connectivity index (χ0v) is 12.5. The maximum absolute atomic E-state index is 5.98. The first-order valence-electron chi connectivity index (χ1n) is 5.75. The number of benzene rings is 2. The maximum Gasteiger partial charge on any atom is 0.189 e. The second-order valence-electron chi connectivity index (χ2n) is 4.10. The van der Waals surface area contributed by atoms with Crippen molar-refractivity contribution in [3.8, 4) is 17.1 Å². The molecular formula is C13H9BrClN5. The first-order chi connectivity index (χ1) is 9.66. The lowest BCUT2D eigenvalue weighted by atomic mass is 10.1.